The molecule has 2 fully saturated rings. The molecule has 2 N–H and O–H groups in total. The van der Waals surface area contributed by atoms with Crippen LogP contribution >= 0.6 is 0 Å². The quantitative estimate of drug-likeness (QED) is 0.577. The molecule has 190 valence electrons. The molecule has 3 aromatic rings. The number of alkyl carbamates (subject to hydrolysis) is 1. The van der Waals surface area contributed by atoms with Gasteiger partial charge in [-0.05, 0) is 57.7 Å². The molecule has 0 unspecified atom stereocenters. The maximum Gasteiger partial charge on any atom is 0.407 e. The van der Waals surface area contributed by atoms with Crippen molar-refractivity contribution in [1.82, 2.24) is 24.8 Å². The summed E-state index contributed by atoms with van der Waals surface area (Å²) in [6, 6.07) is 8.15. The third-order valence-electron chi connectivity index (χ3n) is 6.94. The summed E-state index contributed by atoms with van der Waals surface area (Å²) < 4.78 is 12.9. The molecule has 2 aromatic heterocycles. The number of ether oxygens (including phenoxy) is 2. The van der Waals surface area contributed by atoms with E-state index < -0.39 is 11.7 Å². The number of nitrogens with one attached hydrogen (secondary N) is 2. The Hall–Kier alpha value is -3.82. The Morgan fingerprint density at radius 1 is 1.19 bits per heavy atom. The topological polar surface area (TPSA) is 119 Å². The average Bonchev–Trinajstić information content (AvgIpc) is 3.47. The van der Waals surface area contributed by atoms with E-state index >= 15 is 0 Å². The maximum atomic E-state index is 13.7. The predicted molar refractivity (Wildman–Crippen MR) is 134 cm³/mol. The lowest BCUT2D eigenvalue weighted by atomic mass is 10.1. The van der Waals surface area contributed by atoms with Gasteiger partial charge in [0.15, 0.2) is 5.82 Å². The van der Waals surface area contributed by atoms with E-state index in [1.807, 2.05) is 37.3 Å². The van der Waals surface area contributed by atoms with Crippen LogP contribution in [0.1, 0.15) is 44.0 Å². The lowest BCUT2D eigenvalue weighted by Crippen LogP contribution is -2.46. The Bertz CT molecular complexity index is 1400. The highest BCUT2D eigenvalue weighted by molar-refractivity contribution is 6.00. The molecule has 36 heavy (non-hydrogen) atoms. The zero-order valence-electron chi connectivity index (χ0n) is 21.1. The normalized spacial score (nSPS) is 21.1. The highest BCUT2D eigenvalue weighted by atomic mass is 16.6. The van der Waals surface area contributed by atoms with Crippen molar-refractivity contribution in [3.8, 4) is 17.3 Å². The van der Waals surface area contributed by atoms with Crippen molar-refractivity contribution in [3.63, 3.8) is 0 Å². The van der Waals surface area contributed by atoms with Crippen LogP contribution < -0.4 is 15.6 Å². The molecule has 10 nitrogen and oxygen atoms in total. The van der Waals surface area contributed by atoms with Crippen LogP contribution in [0.5, 0.6) is 5.75 Å². The first-order valence-electron chi connectivity index (χ1n) is 12.1. The van der Waals surface area contributed by atoms with Crippen molar-refractivity contribution in [2.75, 3.05) is 13.7 Å². The number of fused-ring (bicyclic) bond motifs is 3. The van der Waals surface area contributed by atoms with E-state index in [0.29, 0.717) is 34.9 Å². The molecule has 1 aliphatic heterocycles. The highest BCUT2D eigenvalue weighted by Gasteiger charge is 2.49. The lowest BCUT2D eigenvalue weighted by Gasteiger charge is -2.28. The summed E-state index contributed by atoms with van der Waals surface area (Å²) in [6.07, 6.45) is 1.32. The van der Waals surface area contributed by atoms with Crippen molar-refractivity contribution in [1.29, 1.82) is 0 Å². The monoisotopic (exact) mass is 493 g/mol. The van der Waals surface area contributed by atoms with Crippen LogP contribution in [0, 0.1) is 5.92 Å². The molecule has 10 heteroatoms. The molecular formula is C26H31N5O5. The van der Waals surface area contributed by atoms with E-state index in [0.717, 1.165) is 18.4 Å². The van der Waals surface area contributed by atoms with Crippen molar-refractivity contribution in [2.45, 2.75) is 51.3 Å². The largest absolute Gasteiger partial charge is 0.494 e. The zero-order chi connectivity index (χ0) is 25.8. The number of aryl methyl sites for hydroxylation is 1. The SMILES string of the molecule is COc1cc(C(=O)N2C[C@H]3CC[C@@H]2[C@@H]3NC(=O)OC(C)(C)C)cc2nc(-c3cccc(=O)[nH]3)n(C)c12. The zero-order valence-corrected chi connectivity index (χ0v) is 21.1. The molecule has 5 rings (SSSR count). The number of rotatable bonds is 4. The number of H-pyrrole nitrogens is 1. The van der Waals surface area contributed by atoms with Gasteiger partial charge in [0, 0.05) is 25.2 Å². The number of nitrogens with zero attached hydrogens (tertiary/aromatic N) is 3. The number of likely N-dealkylation sites (tertiary alicyclic amines) is 1. The summed E-state index contributed by atoms with van der Waals surface area (Å²) >= 11 is 0. The van der Waals surface area contributed by atoms with Gasteiger partial charge < -0.3 is 29.2 Å². The second-order valence-electron chi connectivity index (χ2n) is 10.5. The molecule has 1 saturated carbocycles. The number of benzene rings is 1. The maximum absolute atomic E-state index is 13.7. The molecule has 1 aromatic carbocycles. The van der Waals surface area contributed by atoms with Gasteiger partial charge in [0.1, 0.15) is 16.9 Å². The van der Waals surface area contributed by atoms with E-state index in [2.05, 4.69) is 10.3 Å². The predicted octanol–water partition coefficient (Wildman–Crippen LogP) is 3.06. The smallest absolute Gasteiger partial charge is 0.407 e. The summed E-state index contributed by atoms with van der Waals surface area (Å²) in [5.74, 6) is 1.14. The number of carbonyl (C=O) groups excluding carboxylic acids is 2. The molecule has 2 bridgehead atoms. The van der Waals surface area contributed by atoms with Crippen LogP contribution in [0.25, 0.3) is 22.6 Å². The van der Waals surface area contributed by atoms with E-state index in [9.17, 15) is 14.4 Å². The van der Waals surface area contributed by atoms with Gasteiger partial charge in [-0.1, -0.05) is 6.07 Å². The number of piperidine rings is 1. The molecular weight excluding hydrogens is 462 g/mol. The first kappa shape index (κ1) is 23.9. The number of carbonyl (C=O) groups is 2. The number of hydrogen-bond donors (Lipinski definition) is 2. The van der Waals surface area contributed by atoms with Crippen molar-refractivity contribution in [2.24, 2.45) is 13.0 Å². The number of methoxy groups -OCH3 is 1. The number of imidazole rings is 1. The minimum absolute atomic E-state index is 0.0922. The van der Waals surface area contributed by atoms with Crippen LogP contribution in [0.4, 0.5) is 4.79 Å². The molecule has 2 aliphatic rings. The number of hydrogen-bond acceptors (Lipinski definition) is 6. The Morgan fingerprint density at radius 2 is 1.97 bits per heavy atom. The summed E-state index contributed by atoms with van der Waals surface area (Å²) in [5.41, 5.74) is 1.55. The van der Waals surface area contributed by atoms with Crippen LogP contribution in [0.2, 0.25) is 0 Å². The molecule has 3 heterocycles. The van der Waals surface area contributed by atoms with Crippen molar-refractivity contribution >= 4 is 23.0 Å². The van der Waals surface area contributed by atoms with Gasteiger partial charge in [0.25, 0.3) is 5.91 Å². The van der Waals surface area contributed by atoms with Gasteiger partial charge in [0.05, 0.1) is 30.4 Å². The second-order valence-corrected chi connectivity index (χ2v) is 10.5. The highest BCUT2D eigenvalue weighted by Crippen LogP contribution is 2.40. The summed E-state index contributed by atoms with van der Waals surface area (Å²) in [4.78, 5) is 47.2. The Balaban J connectivity index is 1.44. The van der Waals surface area contributed by atoms with Crippen LogP contribution in [0.3, 0.4) is 0 Å². The first-order chi connectivity index (χ1) is 17.1. The van der Waals surface area contributed by atoms with Gasteiger partial charge in [-0.3, -0.25) is 9.59 Å². The van der Waals surface area contributed by atoms with E-state index in [4.69, 9.17) is 14.5 Å². The van der Waals surface area contributed by atoms with E-state index in [1.54, 1.807) is 31.4 Å². The molecule has 0 radical (unpaired) electrons. The first-order valence-corrected chi connectivity index (χ1v) is 12.1. The fraction of sp³-hybridized carbons (Fsp3) is 0.462. The summed E-state index contributed by atoms with van der Waals surface area (Å²) in [5, 5.41) is 3.00. The summed E-state index contributed by atoms with van der Waals surface area (Å²) in [6.45, 7) is 6.05. The Kier molecular flexibility index (Phi) is 5.77. The number of amides is 2. The van der Waals surface area contributed by atoms with Crippen molar-refractivity contribution in [3.05, 3.63) is 46.2 Å². The van der Waals surface area contributed by atoms with Crippen molar-refractivity contribution < 1.29 is 19.1 Å². The number of aromatic amines is 1. The van der Waals surface area contributed by atoms with Crippen LogP contribution in [0.15, 0.2) is 35.1 Å². The molecule has 1 saturated heterocycles. The third kappa shape index (κ3) is 4.20. The summed E-state index contributed by atoms with van der Waals surface area (Å²) in [7, 11) is 3.39. The van der Waals surface area contributed by atoms with Crippen LogP contribution in [-0.2, 0) is 11.8 Å². The fourth-order valence-electron chi connectivity index (χ4n) is 5.47. The fourth-order valence-corrected chi connectivity index (χ4v) is 5.47. The number of aromatic nitrogens is 3. The van der Waals surface area contributed by atoms with Gasteiger partial charge in [-0.25, -0.2) is 9.78 Å². The van der Waals surface area contributed by atoms with Gasteiger partial charge in [0.2, 0.25) is 5.56 Å². The standard InChI is InChI=1S/C26H31N5O5/c1-26(2,3)36-25(34)29-21-14-9-10-18(21)31(13-14)24(33)15-11-17-22(19(12-15)35-5)30(4)23(28-17)16-7-6-8-20(32)27-16/h6-8,11-12,14,18,21H,9-10,13H2,1-5H3,(H,27,32)(H,29,34)/t14-,18-,21-/m1/s1. The second kappa shape index (κ2) is 8.69. The van der Waals surface area contributed by atoms with E-state index in [1.165, 1.54) is 6.07 Å². The third-order valence-corrected chi connectivity index (χ3v) is 6.94. The average molecular weight is 494 g/mol. The van der Waals surface area contributed by atoms with Crippen LogP contribution in [-0.4, -0.2) is 62.8 Å². The molecule has 3 atom stereocenters. The Morgan fingerprint density at radius 3 is 2.67 bits per heavy atom. The van der Waals surface area contributed by atoms with Gasteiger partial charge in [-0.15, -0.1) is 0 Å². The minimum atomic E-state index is -0.586. The Labute approximate surface area is 208 Å². The van der Waals surface area contributed by atoms with Gasteiger partial charge >= 0.3 is 6.09 Å². The molecule has 0 spiro atoms. The lowest BCUT2D eigenvalue weighted by molar-refractivity contribution is 0.0485. The van der Waals surface area contributed by atoms with E-state index in [-0.39, 0.29) is 29.5 Å². The van der Waals surface area contributed by atoms with Gasteiger partial charge in [-0.2, -0.15) is 0 Å². The number of pyridine rings is 1. The molecule has 2 amide bonds. The minimum Gasteiger partial charge on any atom is -0.494 e. The molecule has 1 aliphatic carbocycles.